The quantitative estimate of drug-likeness (QED) is 0.681. The molecule has 2 unspecified atom stereocenters. The van der Waals surface area contributed by atoms with Gasteiger partial charge in [-0.2, -0.15) is 0 Å². The number of fused-ring (bicyclic) bond motifs is 2. The number of halogens is 2. The average Bonchev–Trinajstić information content (AvgIpc) is 2.77. The molecule has 1 N–H and O–H groups in total. The van der Waals surface area contributed by atoms with Crippen LogP contribution in [0.5, 0.6) is 0 Å². The molecule has 0 aromatic heterocycles. The zero-order chi connectivity index (χ0) is 15.0. The van der Waals surface area contributed by atoms with Gasteiger partial charge in [-0.15, -0.1) is 12.4 Å². The standard InChI is InChI=1S/C15H20FN3O2.ClH/c1-18(14-7-12-3-4-13(8-14)17-12)9-10-6-11(16)2-5-15(10)19(20)21;/h2,5-6,12-14,17H,3-4,7-9H2,1H3;1H. The zero-order valence-electron chi connectivity index (χ0n) is 12.5. The van der Waals surface area contributed by atoms with Crippen LogP contribution in [0.4, 0.5) is 10.1 Å². The van der Waals surface area contributed by atoms with Crippen molar-refractivity contribution < 1.29 is 9.31 Å². The number of hydrogen-bond acceptors (Lipinski definition) is 4. The molecule has 2 fully saturated rings. The minimum absolute atomic E-state index is 0. The normalized spacial score (nSPS) is 26.8. The molecule has 0 spiro atoms. The minimum atomic E-state index is -0.436. The van der Waals surface area contributed by atoms with Crippen molar-refractivity contribution in [2.24, 2.45) is 0 Å². The molecule has 0 saturated carbocycles. The summed E-state index contributed by atoms with van der Waals surface area (Å²) in [5.74, 6) is -0.422. The maximum atomic E-state index is 13.4. The van der Waals surface area contributed by atoms with E-state index in [0.717, 1.165) is 18.9 Å². The summed E-state index contributed by atoms with van der Waals surface area (Å²) in [5.41, 5.74) is 0.452. The molecule has 2 aliphatic rings. The van der Waals surface area contributed by atoms with Crippen LogP contribution in [0.25, 0.3) is 0 Å². The van der Waals surface area contributed by atoms with Crippen LogP contribution in [0.3, 0.4) is 0 Å². The van der Waals surface area contributed by atoms with E-state index in [9.17, 15) is 14.5 Å². The van der Waals surface area contributed by atoms with Gasteiger partial charge in [-0.1, -0.05) is 0 Å². The molecule has 1 aromatic rings. The van der Waals surface area contributed by atoms with E-state index in [2.05, 4.69) is 10.2 Å². The average molecular weight is 330 g/mol. The van der Waals surface area contributed by atoms with Crippen molar-refractivity contribution in [2.75, 3.05) is 7.05 Å². The summed E-state index contributed by atoms with van der Waals surface area (Å²) in [7, 11) is 1.98. The molecule has 122 valence electrons. The first-order valence-corrected chi connectivity index (χ1v) is 7.42. The SMILES string of the molecule is CN(Cc1cc(F)ccc1[N+](=O)[O-])C1CC2CCC(C1)N2.Cl. The zero-order valence-corrected chi connectivity index (χ0v) is 13.3. The van der Waals surface area contributed by atoms with Crippen LogP contribution in [0.2, 0.25) is 0 Å². The number of nitrogens with one attached hydrogen (secondary N) is 1. The van der Waals surface area contributed by atoms with Crippen molar-refractivity contribution in [3.8, 4) is 0 Å². The summed E-state index contributed by atoms with van der Waals surface area (Å²) < 4.78 is 13.4. The van der Waals surface area contributed by atoms with Crippen molar-refractivity contribution >= 4 is 18.1 Å². The Hall–Kier alpha value is -1.24. The molecule has 0 radical (unpaired) electrons. The van der Waals surface area contributed by atoms with Gasteiger partial charge in [0.05, 0.1) is 4.92 Å². The second kappa shape index (κ2) is 6.89. The Kier molecular flexibility index (Phi) is 5.36. The molecule has 2 atom stereocenters. The van der Waals surface area contributed by atoms with Crippen LogP contribution in [0, 0.1) is 15.9 Å². The van der Waals surface area contributed by atoms with E-state index < -0.39 is 10.7 Å². The molecule has 3 rings (SSSR count). The van der Waals surface area contributed by atoms with Crippen LogP contribution in [0.1, 0.15) is 31.2 Å². The first-order valence-electron chi connectivity index (χ1n) is 7.42. The fraction of sp³-hybridized carbons (Fsp3) is 0.600. The lowest BCUT2D eigenvalue weighted by Crippen LogP contribution is -2.46. The number of rotatable bonds is 4. The van der Waals surface area contributed by atoms with Crippen molar-refractivity contribution in [2.45, 2.75) is 50.4 Å². The Labute approximate surface area is 135 Å². The van der Waals surface area contributed by atoms with E-state index in [-0.39, 0.29) is 18.1 Å². The van der Waals surface area contributed by atoms with Gasteiger partial charge in [-0.25, -0.2) is 4.39 Å². The Bertz CT molecular complexity index is 546. The van der Waals surface area contributed by atoms with E-state index >= 15 is 0 Å². The predicted octanol–water partition coefficient (Wildman–Crippen LogP) is 2.87. The van der Waals surface area contributed by atoms with Gasteiger partial charge in [-0.3, -0.25) is 15.0 Å². The molecule has 22 heavy (non-hydrogen) atoms. The van der Waals surface area contributed by atoms with Crippen LogP contribution >= 0.6 is 12.4 Å². The Balaban J connectivity index is 0.00000176. The smallest absolute Gasteiger partial charge is 0.274 e. The maximum absolute atomic E-state index is 13.4. The van der Waals surface area contributed by atoms with Crippen molar-refractivity contribution in [1.29, 1.82) is 0 Å². The fourth-order valence-corrected chi connectivity index (χ4v) is 3.64. The number of piperidine rings is 1. The summed E-state index contributed by atoms with van der Waals surface area (Å²) >= 11 is 0. The largest absolute Gasteiger partial charge is 0.311 e. The summed E-state index contributed by atoms with van der Waals surface area (Å²) in [5, 5.41) is 14.6. The predicted molar refractivity (Wildman–Crippen MR) is 84.7 cm³/mol. The molecule has 2 heterocycles. The molecule has 7 heteroatoms. The summed E-state index contributed by atoms with van der Waals surface area (Å²) in [6.07, 6.45) is 4.57. The highest BCUT2D eigenvalue weighted by atomic mass is 35.5. The van der Waals surface area contributed by atoms with E-state index in [0.29, 0.717) is 30.2 Å². The van der Waals surface area contributed by atoms with E-state index in [1.807, 2.05) is 7.05 Å². The van der Waals surface area contributed by atoms with E-state index in [4.69, 9.17) is 0 Å². The molecular weight excluding hydrogens is 309 g/mol. The molecule has 2 saturated heterocycles. The van der Waals surface area contributed by atoms with E-state index in [1.54, 1.807) is 0 Å². The topological polar surface area (TPSA) is 58.4 Å². The summed E-state index contributed by atoms with van der Waals surface area (Å²) in [6.45, 7) is 0.415. The molecule has 5 nitrogen and oxygen atoms in total. The second-order valence-electron chi connectivity index (χ2n) is 6.21. The number of hydrogen-bond donors (Lipinski definition) is 1. The number of nitro groups is 1. The fourth-order valence-electron chi connectivity index (χ4n) is 3.64. The molecular formula is C15H21ClFN3O2. The highest BCUT2D eigenvalue weighted by Crippen LogP contribution is 2.30. The van der Waals surface area contributed by atoms with Crippen molar-refractivity contribution in [3.05, 3.63) is 39.7 Å². The molecule has 1 aromatic carbocycles. The number of nitrogens with zero attached hydrogens (tertiary/aromatic N) is 2. The lowest BCUT2D eigenvalue weighted by Gasteiger charge is -2.35. The minimum Gasteiger partial charge on any atom is -0.311 e. The van der Waals surface area contributed by atoms with Gasteiger partial charge in [0.1, 0.15) is 5.82 Å². The Morgan fingerprint density at radius 1 is 1.36 bits per heavy atom. The van der Waals surface area contributed by atoms with E-state index in [1.165, 1.54) is 25.0 Å². The highest BCUT2D eigenvalue weighted by molar-refractivity contribution is 5.85. The third kappa shape index (κ3) is 3.56. The first-order chi connectivity index (χ1) is 10.0. The maximum Gasteiger partial charge on any atom is 0.274 e. The van der Waals surface area contributed by atoms with Gasteiger partial charge >= 0.3 is 0 Å². The number of benzene rings is 1. The van der Waals surface area contributed by atoms with Gasteiger partial charge in [0.2, 0.25) is 0 Å². The van der Waals surface area contributed by atoms with Gasteiger partial charge < -0.3 is 5.32 Å². The second-order valence-corrected chi connectivity index (χ2v) is 6.21. The van der Waals surface area contributed by atoms with Crippen molar-refractivity contribution in [1.82, 2.24) is 10.2 Å². The van der Waals surface area contributed by atoms with Crippen LogP contribution in [0.15, 0.2) is 18.2 Å². The van der Waals surface area contributed by atoms with Gasteiger partial charge in [-0.05, 0) is 44.9 Å². The monoisotopic (exact) mass is 329 g/mol. The van der Waals surface area contributed by atoms with Gasteiger partial charge in [0.15, 0.2) is 0 Å². The Morgan fingerprint density at radius 3 is 2.59 bits per heavy atom. The highest BCUT2D eigenvalue weighted by Gasteiger charge is 2.35. The van der Waals surface area contributed by atoms with Crippen LogP contribution in [-0.4, -0.2) is 35.0 Å². The van der Waals surface area contributed by atoms with Gasteiger partial charge in [0, 0.05) is 36.3 Å². The van der Waals surface area contributed by atoms with Gasteiger partial charge in [0.25, 0.3) is 5.69 Å². The summed E-state index contributed by atoms with van der Waals surface area (Å²) in [6, 6.07) is 5.23. The third-order valence-corrected chi connectivity index (χ3v) is 4.73. The van der Waals surface area contributed by atoms with Crippen LogP contribution in [-0.2, 0) is 6.54 Å². The number of nitro benzene ring substituents is 1. The Morgan fingerprint density at radius 2 is 2.00 bits per heavy atom. The van der Waals surface area contributed by atoms with Crippen molar-refractivity contribution in [3.63, 3.8) is 0 Å². The summed E-state index contributed by atoms with van der Waals surface area (Å²) in [4.78, 5) is 12.8. The molecule has 0 amide bonds. The van der Waals surface area contributed by atoms with Crippen LogP contribution < -0.4 is 5.32 Å². The third-order valence-electron chi connectivity index (χ3n) is 4.73. The molecule has 0 aliphatic carbocycles. The molecule has 2 aliphatic heterocycles. The lowest BCUT2D eigenvalue weighted by molar-refractivity contribution is -0.385. The first kappa shape index (κ1) is 17.1. The molecule has 2 bridgehead atoms. The lowest BCUT2D eigenvalue weighted by atomic mass is 9.98.